The van der Waals surface area contributed by atoms with Crippen LogP contribution in [0.4, 0.5) is 0 Å². The molecule has 0 spiro atoms. The Morgan fingerprint density at radius 1 is 1.05 bits per heavy atom. The smallest absolute Gasteiger partial charge is 0.255 e. The van der Waals surface area contributed by atoms with Crippen molar-refractivity contribution in [2.24, 2.45) is 0 Å². The summed E-state index contributed by atoms with van der Waals surface area (Å²) in [4.78, 5) is 23.4. The molecule has 0 atom stereocenters. The van der Waals surface area contributed by atoms with E-state index in [2.05, 4.69) is 0 Å². The van der Waals surface area contributed by atoms with Crippen molar-refractivity contribution in [2.45, 2.75) is 0 Å². The molecule has 0 fully saturated rings. The molecule has 1 heterocycles. The number of methoxy groups -OCH3 is 1. The predicted molar refractivity (Wildman–Crippen MR) is 81.5 cm³/mol. The van der Waals surface area contributed by atoms with Crippen LogP contribution in [-0.4, -0.2) is 18.0 Å². The summed E-state index contributed by atoms with van der Waals surface area (Å²) in [6.45, 7) is 0. The lowest BCUT2D eigenvalue weighted by atomic mass is 10.1. The van der Waals surface area contributed by atoms with E-state index in [0.717, 1.165) is 17.2 Å². The second-order valence-electron chi connectivity index (χ2n) is 4.61. The van der Waals surface area contributed by atoms with Gasteiger partial charge in [0.25, 0.3) is 5.56 Å². The molecule has 3 aromatic rings. The Balaban J connectivity index is 2.32. The van der Waals surface area contributed by atoms with Crippen LogP contribution in [0.15, 0.2) is 59.4 Å². The minimum Gasteiger partial charge on any atom is -0.496 e. The lowest BCUT2D eigenvalue weighted by Crippen LogP contribution is -2.17. The number of carbonyl (C=O) groups is 1. The van der Waals surface area contributed by atoms with Crippen LogP contribution in [0, 0.1) is 0 Å². The van der Waals surface area contributed by atoms with Crippen molar-refractivity contribution in [3.8, 4) is 11.4 Å². The maximum absolute atomic E-state index is 12.2. The molecule has 4 nitrogen and oxygen atoms in total. The average molecular weight is 279 g/mol. The number of ether oxygens (including phenoxy) is 1. The number of aldehydes is 1. The van der Waals surface area contributed by atoms with E-state index in [1.807, 2.05) is 24.3 Å². The molecule has 0 amide bonds. The first-order valence-electron chi connectivity index (χ1n) is 6.49. The Labute approximate surface area is 121 Å². The number of pyridine rings is 1. The van der Waals surface area contributed by atoms with Crippen LogP contribution < -0.4 is 10.3 Å². The van der Waals surface area contributed by atoms with Gasteiger partial charge >= 0.3 is 0 Å². The highest BCUT2D eigenvalue weighted by atomic mass is 16.5. The standard InChI is InChI=1S/C17H13NO3/c1-21-16-8-7-14(10-13(16)11-19)18-15-5-3-2-4-12(15)6-9-17(18)20/h2-11H,1H3. The summed E-state index contributed by atoms with van der Waals surface area (Å²) in [5.74, 6) is 0.488. The molecule has 0 aliphatic heterocycles. The summed E-state index contributed by atoms with van der Waals surface area (Å²) < 4.78 is 6.71. The van der Waals surface area contributed by atoms with Crippen LogP contribution in [0.3, 0.4) is 0 Å². The number of fused-ring (bicyclic) bond motifs is 1. The molecule has 0 radical (unpaired) electrons. The number of carbonyl (C=O) groups excluding carboxylic acids is 1. The fraction of sp³-hybridized carbons (Fsp3) is 0.0588. The third kappa shape index (κ3) is 2.21. The first kappa shape index (κ1) is 13.1. The van der Waals surface area contributed by atoms with Crippen molar-refractivity contribution in [1.29, 1.82) is 0 Å². The van der Waals surface area contributed by atoms with Crippen molar-refractivity contribution in [3.63, 3.8) is 0 Å². The van der Waals surface area contributed by atoms with Gasteiger partial charge in [0.1, 0.15) is 5.75 Å². The van der Waals surface area contributed by atoms with Gasteiger partial charge in [0.05, 0.1) is 23.9 Å². The van der Waals surface area contributed by atoms with E-state index < -0.39 is 0 Å². The van der Waals surface area contributed by atoms with Crippen molar-refractivity contribution in [3.05, 3.63) is 70.5 Å². The topological polar surface area (TPSA) is 48.3 Å². The second-order valence-corrected chi connectivity index (χ2v) is 4.61. The minimum absolute atomic E-state index is 0.143. The number of para-hydroxylation sites is 1. The fourth-order valence-corrected chi connectivity index (χ4v) is 2.41. The average Bonchev–Trinajstić information content (AvgIpc) is 2.54. The Hall–Kier alpha value is -2.88. The molecule has 1 aromatic heterocycles. The first-order chi connectivity index (χ1) is 10.2. The van der Waals surface area contributed by atoms with E-state index in [1.54, 1.807) is 28.8 Å². The Kier molecular flexibility index (Phi) is 3.28. The molecule has 0 unspecified atom stereocenters. The molecule has 0 saturated carbocycles. The quantitative estimate of drug-likeness (QED) is 0.693. The largest absolute Gasteiger partial charge is 0.496 e. The first-order valence-corrected chi connectivity index (χ1v) is 6.49. The Morgan fingerprint density at radius 2 is 1.86 bits per heavy atom. The highest BCUT2D eigenvalue weighted by Crippen LogP contribution is 2.22. The second kappa shape index (κ2) is 5.25. The lowest BCUT2D eigenvalue weighted by molar-refractivity contribution is 0.112. The number of hydrogen-bond acceptors (Lipinski definition) is 3. The Bertz CT molecular complexity index is 881. The summed E-state index contributed by atoms with van der Waals surface area (Å²) >= 11 is 0. The minimum atomic E-state index is -0.143. The number of benzene rings is 2. The summed E-state index contributed by atoms with van der Waals surface area (Å²) in [6, 6.07) is 16.0. The van der Waals surface area contributed by atoms with Gasteiger partial charge in [-0.3, -0.25) is 14.2 Å². The van der Waals surface area contributed by atoms with E-state index in [-0.39, 0.29) is 5.56 Å². The van der Waals surface area contributed by atoms with Crippen molar-refractivity contribution in [2.75, 3.05) is 7.11 Å². The zero-order chi connectivity index (χ0) is 14.8. The van der Waals surface area contributed by atoms with Gasteiger partial charge in [0.2, 0.25) is 0 Å². The van der Waals surface area contributed by atoms with Gasteiger partial charge in [-0.25, -0.2) is 0 Å². The summed E-state index contributed by atoms with van der Waals surface area (Å²) in [5.41, 5.74) is 1.71. The van der Waals surface area contributed by atoms with Crippen LogP contribution in [0.25, 0.3) is 16.6 Å². The van der Waals surface area contributed by atoms with E-state index in [1.165, 1.54) is 13.2 Å². The summed E-state index contributed by atoms with van der Waals surface area (Å²) in [5, 5.41) is 0.959. The van der Waals surface area contributed by atoms with Gasteiger partial charge < -0.3 is 4.74 Å². The molecule has 2 aromatic carbocycles. The third-order valence-electron chi connectivity index (χ3n) is 3.40. The van der Waals surface area contributed by atoms with Crippen molar-refractivity contribution < 1.29 is 9.53 Å². The fourth-order valence-electron chi connectivity index (χ4n) is 2.41. The highest BCUT2D eigenvalue weighted by Gasteiger charge is 2.08. The SMILES string of the molecule is COc1ccc(-n2c(=O)ccc3ccccc32)cc1C=O. The molecule has 0 aliphatic carbocycles. The van der Waals surface area contributed by atoms with Gasteiger partial charge in [0.15, 0.2) is 6.29 Å². The summed E-state index contributed by atoms with van der Waals surface area (Å²) in [6.07, 6.45) is 0.721. The predicted octanol–water partition coefficient (Wildman–Crippen LogP) is 2.81. The van der Waals surface area contributed by atoms with Gasteiger partial charge in [0, 0.05) is 6.07 Å². The Morgan fingerprint density at radius 3 is 2.62 bits per heavy atom. The molecule has 0 N–H and O–H groups in total. The molecule has 0 aliphatic rings. The number of rotatable bonds is 3. The molecule has 104 valence electrons. The van der Waals surface area contributed by atoms with E-state index in [4.69, 9.17) is 4.74 Å². The van der Waals surface area contributed by atoms with Gasteiger partial charge in [-0.2, -0.15) is 0 Å². The van der Waals surface area contributed by atoms with Crippen LogP contribution in [0.2, 0.25) is 0 Å². The summed E-state index contributed by atoms with van der Waals surface area (Å²) in [7, 11) is 1.51. The zero-order valence-electron chi connectivity index (χ0n) is 11.4. The third-order valence-corrected chi connectivity index (χ3v) is 3.40. The van der Waals surface area contributed by atoms with E-state index in [9.17, 15) is 9.59 Å². The van der Waals surface area contributed by atoms with Crippen LogP contribution in [0.5, 0.6) is 5.75 Å². The van der Waals surface area contributed by atoms with Crippen LogP contribution in [0.1, 0.15) is 10.4 Å². The van der Waals surface area contributed by atoms with Gasteiger partial charge in [-0.05, 0) is 35.7 Å². The number of hydrogen-bond donors (Lipinski definition) is 0. The molecule has 0 saturated heterocycles. The molecular formula is C17H13NO3. The normalized spacial score (nSPS) is 10.5. The molecule has 21 heavy (non-hydrogen) atoms. The maximum Gasteiger partial charge on any atom is 0.255 e. The van der Waals surface area contributed by atoms with E-state index in [0.29, 0.717) is 17.0 Å². The molecule has 4 heteroatoms. The zero-order valence-corrected chi connectivity index (χ0v) is 11.4. The van der Waals surface area contributed by atoms with Crippen molar-refractivity contribution >= 4 is 17.2 Å². The van der Waals surface area contributed by atoms with Gasteiger partial charge in [-0.15, -0.1) is 0 Å². The molecular weight excluding hydrogens is 266 g/mol. The highest BCUT2D eigenvalue weighted by molar-refractivity contribution is 5.83. The van der Waals surface area contributed by atoms with Crippen LogP contribution >= 0.6 is 0 Å². The van der Waals surface area contributed by atoms with E-state index >= 15 is 0 Å². The molecule has 3 rings (SSSR count). The van der Waals surface area contributed by atoms with Crippen LogP contribution in [-0.2, 0) is 0 Å². The van der Waals surface area contributed by atoms with Crippen molar-refractivity contribution in [1.82, 2.24) is 4.57 Å². The molecule has 0 bridgehead atoms. The van der Waals surface area contributed by atoms with Gasteiger partial charge in [-0.1, -0.05) is 18.2 Å². The maximum atomic E-state index is 12.2. The monoisotopic (exact) mass is 279 g/mol. The number of aromatic nitrogens is 1. The lowest BCUT2D eigenvalue weighted by Gasteiger charge is -2.12. The number of nitrogens with zero attached hydrogens (tertiary/aromatic N) is 1.